The highest BCUT2D eigenvalue weighted by atomic mass is 16.6. The molecule has 36 heavy (non-hydrogen) atoms. The minimum absolute atomic E-state index is 0.149. The standard InChI is InChI=1S/C31H34NO4/c33-30(31(34)27-14-6-4-12-25(27)26-13-5-7-15-28(26)31)36-29-22-32(19-16-23(29)17-20-32)18-8-9-21-35-24-10-2-1-3-11-24/h1-7,10-15,23,29,34H,8-9,16-22H2/q+1/t23?,29-,32?/m0/s1. The van der Waals surface area contributed by atoms with Crippen LogP contribution in [0.25, 0.3) is 11.1 Å². The van der Waals surface area contributed by atoms with E-state index in [0.29, 0.717) is 17.0 Å². The number of rotatable bonds is 8. The first kappa shape index (κ1) is 23.3. The van der Waals surface area contributed by atoms with Gasteiger partial charge in [-0.05, 0) is 36.1 Å². The van der Waals surface area contributed by atoms with Crippen LogP contribution >= 0.6 is 0 Å². The third-order valence-electron chi connectivity index (χ3n) is 8.56. The van der Waals surface area contributed by atoms with Crippen molar-refractivity contribution in [1.82, 2.24) is 0 Å². The van der Waals surface area contributed by atoms with Crippen molar-refractivity contribution < 1.29 is 23.9 Å². The van der Waals surface area contributed by atoms with E-state index in [2.05, 4.69) is 0 Å². The predicted octanol–water partition coefficient (Wildman–Crippen LogP) is 4.91. The number of aliphatic hydroxyl groups is 1. The Hall–Kier alpha value is -3.15. The molecule has 1 aliphatic carbocycles. The molecule has 3 aromatic rings. The monoisotopic (exact) mass is 484 g/mol. The first-order chi connectivity index (χ1) is 17.6. The van der Waals surface area contributed by atoms with Gasteiger partial charge in [0, 0.05) is 29.9 Å². The molecule has 0 unspecified atom stereocenters. The summed E-state index contributed by atoms with van der Waals surface area (Å²) < 4.78 is 13.1. The molecular formula is C31H34NO4+. The lowest BCUT2D eigenvalue weighted by molar-refractivity contribution is -0.946. The largest absolute Gasteiger partial charge is 0.494 e. The molecule has 5 heteroatoms. The Morgan fingerprint density at radius 1 is 0.861 bits per heavy atom. The van der Waals surface area contributed by atoms with Crippen molar-refractivity contribution in [3.05, 3.63) is 90.0 Å². The highest BCUT2D eigenvalue weighted by Gasteiger charge is 2.53. The first-order valence-corrected chi connectivity index (χ1v) is 13.2. The van der Waals surface area contributed by atoms with Gasteiger partial charge in [0.25, 0.3) is 0 Å². The number of benzene rings is 3. The number of hydrogen-bond acceptors (Lipinski definition) is 4. The minimum Gasteiger partial charge on any atom is -0.494 e. The van der Waals surface area contributed by atoms with E-state index in [9.17, 15) is 9.90 Å². The van der Waals surface area contributed by atoms with Gasteiger partial charge >= 0.3 is 5.97 Å². The normalized spacial score (nSPS) is 25.1. The van der Waals surface area contributed by atoms with Crippen molar-refractivity contribution in [2.75, 3.05) is 32.8 Å². The van der Waals surface area contributed by atoms with Crippen LogP contribution in [0.5, 0.6) is 5.75 Å². The van der Waals surface area contributed by atoms with Crippen molar-refractivity contribution >= 4 is 5.97 Å². The second kappa shape index (κ2) is 9.38. The maximum Gasteiger partial charge on any atom is 0.348 e. The summed E-state index contributed by atoms with van der Waals surface area (Å²) >= 11 is 0. The van der Waals surface area contributed by atoms with Crippen LogP contribution in [0.1, 0.15) is 36.8 Å². The molecule has 4 aliphatic rings. The van der Waals surface area contributed by atoms with Crippen molar-refractivity contribution in [2.45, 2.75) is 37.4 Å². The van der Waals surface area contributed by atoms with Crippen molar-refractivity contribution in [2.24, 2.45) is 5.92 Å². The van der Waals surface area contributed by atoms with Gasteiger partial charge in [0.05, 0.1) is 26.2 Å². The number of nitrogens with zero attached hydrogens (tertiary/aromatic N) is 1. The van der Waals surface area contributed by atoms with E-state index in [1.807, 2.05) is 78.9 Å². The molecule has 7 rings (SSSR count). The van der Waals surface area contributed by atoms with E-state index < -0.39 is 11.6 Å². The van der Waals surface area contributed by atoms with Crippen molar-refractivity contribution in [3.8, 4) is 16.9 Å². The molecular weight excluding hydrogens is 450 g/mol. The molecule has 3 aliphatic heterocycles. The zero-order chi connectivity index (χ0) is 24.6. The number of piperidine rings is 3. The van der Waals surface area contributed by atoms with E-state index >= 15 is 0 Å². The van der Waals surface area contributed by atoms with Crippen molar-refractivity contribution in [3.63, 3.8) is 0 Å². The van der Waals surface area contributed by atoms with Gasteiger partial charge in [-0.15, -0.1) is 0 Å². The van der Waals surface area contributed by atoms with Crippen LogP contribution in [0.2, 0.25) is 0 Å². The summed E-state index contributed by atoms with van der Waals surface area (Å²) in [5.41, 5.74) is 1.31. The summed E-state index contributed by atoms with van der Waals surface area (Å²) in [6.07, 6.45) is 4.09. The van der Waals surface area contributed by atoms with Crippen LogP contribution in [0.15, 0.2) is 78.9 Å². The number of ether oxygens (including phenoxy) is 2. The Morgan fingerprint density at radius 2 is 1.47 bits per heavy atom. The van der Waals surface area contributed by atoms with Gasteiger partial charge in [-0.3, -0.25) is 0 Å². The van der Waals surface area contributed by atoms with Gasteiger partial charge < -0.3 is 19.1 Å². The fourth-order valence-corrected chi connectivity index (χ4v) is 6.58. The number of hydrogen-bond donors (Lipinski definition) is 1. The Bertz CT molecular complexity index is 1190. The molecule has 0 amide bonds. The second-order valence-corrected chi connectivity index (χ2v) is 10.6. The fourth-order valence-electron chi connectivity index (χ4n) is 6.58. The molecule has 2 bridgehead atoms. The number of carbonyl (C=O) groups is 1. The molecule has 3 aromatic carbocycles. The number of quaternary nitrogens is 1. The lowest BCUT2D eigenvalue weighted by atomic mass is 9.82. The molecule has 1 N–H and O–H groups in total. The summed E-state index contributed by atoms with van der Waals surface area (Å²) in [7, 11) is 0. The Morgan fingerprint density at radius 3 is 2.14 bits per heavy atom. The number of para-hydroxylation sites is 1. The third kappa shape index (κ3) is 4.00. The van der Waals surface area contributed by atoms with Crippen LogP contribution in [-0.2, 0) is 15.1 Å². The van der Waals surface area contributed by atoms with Crippen LogP contribution < -0.4 is 4.74 Å². The molecule has 0 radical (unpaired) electrons. The predicted molar refractivity (Wildman–Crippen MR) is 138 cm³/mol. The van der Waals surface area contributed by atoms with Gasteiger partial charge in [0.1, 0.15) is 12.3 Å². The molecule has 5 nitrogen and oxygen atoms in total. The van der Waals surface area contributed by atoms with Gasteiger partial charge in [-0.1, -0.05) is 66.7 Å². The average molecular weight is 485 g/mol. The second-order valence-electron chi connectivity index (χ2n) is 10.6. The summed E-state index contributed by atoms with van der Waals surface area (Å²) in [6, 6.07) is 25.2. The quantitative estimate of drug-likeness (QED) is 0.280. The SMILES string of the molecule is O=C(O[C@H]1C[N+]2(CCCCOc3ccccc3)CCC1CC2)C1(O)c2ccccc2-c2ccccc21. The lowest BCUT2D eigenvalue weighted by Crippen LogP contribution is -2.65. The molecule has 0 spiro atoms. The van der Waals surface area contributed by atoms with E-state index in [1.54, 1.807) is 0 Å². The molecule has 3 fully saturated rings. The van der Waals surface area contributed by atoms with Crippen molar-refractivity contribution in [1.29, 1.82) is 0 Å². The molecule has 1 atom stereocenters. The number of unbranched alkanes of at least 4 members (excludes halogenated alkanes) is 1. The van der Waals surface area contributed by atoms with E-state index in [0.717, 1.165) is 79.8 Å². The van der Waals surface area contributed by atoms with Gasteiger partial charge in [-0.2, -0.15) is 0 Å². The third-order valence-corrected chi connectivity index (χ3v) is 8.56. The Labute approximate surface area is 212 Å². The molecule has 3 saturated heterocycles. The molecule has 0 aromatic heterocycles. The molecule has 186 valence electrons. The van der Waals surface area contributed by atoms with Crippen LogP contribution in [0, 0.1) is 5.92 Å². The molecule has 3 heterocycles. The highest BCUT2D eigenvalue weighted by molar-refractivity contribution is 5.96. The lowest BCUT2D eigenvalue weighted by Gasteiger charge is -2.52. The van der Waals surface area contributed by atoms with Crippen LogP contribution in [0.4, 0.5) is 0 Å². The fraction of sp³-hybridized carbons (Fsp3) is 0.387. The first-order valence-electron chi connectivity index (χ1n) is 13.2. The minimum atomic E-state index is -1.75. The summed E-state index contributed by atoms with van der Waals surface area (Å²) in [5.74, 6) is 0.766. The molecule has 0 saturated carbocycles. The topological polar surface area (TPSA) is 55.8 Å². The van der Waals surface area contributed by atoms with E-state index in [-0.39, 0.29) is 6.10 Å². The van der Waals surface area contributed by atoms with Gasteiger partial charge in [-0.25, -0.2) is 4.79 Å². The smallest absolute Gasteiger partial charge is 0.348 e. The summed E-state index contributed by atoms with van der Waals surface area (Å²) in [4.78, 5) is 13.7. The Balaban J connectivity index is 1.12. The summed E-state index contributed by atoms with van der Waals surface area (Å²) in [6.45, 7) is 4.93. The number of fused-ring (bicyclic) bond motifs is 6. The average Bonchev–Trinajstić information content (AvgIpc) is 3.19. The van der Waals surface area contributed by atoms with Gasteiger partial charge in [0.15, 0.2) is 6.10 Å². The maximum atomic E-state index is 13.7. The van der Waals surface area contributed by atoms with Gasteiger partial charge in [0.2, 0.25) is 5.60 Å². The number of esters is 1. The van der Waals surface area contributed by atoms with E-state index in [4.69, 9.17) is 9.47 Å². The number of carbonyl (C=O) groups excluding carboxylic acids is 1. The highest BCUT2D eigenvalue weighted by Crippen LogP contribution is 2.48. The van der Waals surface area contributed by atoms with Crippen LogP contribution in [-0.4, -0.2) is 54.4 Å². The zero-order valence-electron chi connectivity index (χ0n) is 20.6. The summed E-state index contributed by atoms with van der Waals surface area (Å²) in [5, 5.41) is 11.8. The van der Waals surface area contributed by atoms with Crippen LogP contribution in [0.3, 0.4) is 0 Å². The van der Waals surface area contributed by atoms with E-state index in [1.165, 1.54) is 0 Å². The maximum absolute atomic E-state index is 13.7. The zero-order valence-corrected chi connectivity index (χ0v) is 20.6. The Kier molecular flexibility index (Phi) is 6.06.